The van der Waals surface area contributed by atoms with E-state index in [2.05, 4.69) is 5.32 Å². The fraction of sp³-hybridized carbons (Fsp3) is 0.917. The predicted molar refractivity (Wildman–Crippen MR) is 82.7 cm³/mol. The quantitative estimate of drug-likeness (QED) is 0.530. The number of amides is 1. The Morgan fingerprint density at radius 3 is 2.55 bits per heavy atom. The molecule has 0 bridgehead atoms. The molecule has 22 heavy (non-hydrogen) atoms. The van der Waals surface area contributed by atoms with Gasteiger partial charge in [-0.15, -0.1) is 0 Å². The standard InChI is InChI=1S/C12H24N2O6S2/c1-20-8-3-6-14(21(2,16)17)7-4-12(15)13-11-5-9-22(18,19)10-11/h11H,3-10H2,1-2H3,(H,13,15). The molecule has 1 rings (SSSR count). The van der Waals surface area contributed by atoms with Crippen LogP contribution >= 0.6 is 0 Å². The van der Waals surface area contributed by atoms with Gasteiger partial charge < -0.3 is 10.1 Å². The maximum atomic E-state index is 11.8. The zero-order chi connectivity index (χ0) is 16.8. The predicted octanol–water partition coefficient (Wildman–Crippen LogP) is -1.02. The van der Waals surface area contributed by atoms with Crippen molar-refractivity contribution in [1.82, 2.24) is 9.62 Å². The van der Waals surface area contributed by atoms with E-state index in [1.165, 1.54) is 11.4 Å². The van der Waals surface area contributed by atoms with Crippen LogP contribution in [-0.4, -0.2) is 77.7 Å². The average Bonchev–Trinajstić information content (AvgIpc) is 2.71. The Morgan fingerprint density at radius 2 is 2.05 bits per heavy atom. The van der Waals surface area contributed by atoms with Gasteiger partial charge >= 0.3 is 0 Å². The summed E-state index contributed by atoms with van der Waals surface area (Å²) in [5.74, 6) is -0.283. The topological polar surface area (TPSA) is 110 Å². The van der Waals surface area contributed by atoms with Crippen LogP contribution in [0.3, 0.4) is 0 Å². The Kier molecular flexibility index (Phi) is 7.23. The maximum Gasteiger partial charge on any atom is 0.221 e. The lowest BCUT2D eigenvalue weighted by Gasteiger charge is -2.20. The molecule has 1 aliphatic rings. The third-order valence-electron chi connectivity index (χ3n) is 3.41. The van der Waals surface area contributed by atoms with Crippen LogP contribution in [0.2, 0.25) is 0 Å². The normalized spacial score (nSPS) is 21.1. The molecule has 130 valence electrons. The van der Waals surface area contributed by atoms with Crippen molar-refractivity contribution in [3.63, 3.8) is 0 Å². The second kappa shape index (κ2) is 8.23. The summed E-state index contributed by atoms with van der Waals surface area (Å²) in [5.41, 5.74) is 0. The molecule has 0 aromatic carbocycles. The molecular formula is C12H24N2O6S2. The molecule has 0 saturated carbocycles. The van der Waals surface area contributed by atoms with E-state index in [-0.39, 0.29) is 43.0 Å². The minimum Gasteiger partial charge on any atom is -0.385 e. The lowest BCUT2D eigenvalue weighted by Crippen LogP contribution is -2.39. The van der Waals surface area contributed by atoms with Crippen molar-refractivity contribution in [2.24, 2.45) is 0 Å². The van der Waals surface area contributed by atoms with Gasteiger partial charge in [-0.3, -0.25) is 4.79 Å². The van der Waals surface area contributed by atoms with Crippen LogP contribution in [0.15, 0.2) is 0 Å². The molecule has 0 spiro atoms. The molecule has 0 aromatic rings. The Hall–Kier alpha value is -0.710. The summed E-state index contributed by atoms with van der Waals surface area (Å²) in [6, 6.07) is -0.363. The molecule has 1 saturated heterocycles. The lowest BCUT2D eigenvalue weighted by atomic mass is 10.2. The van der Waals surface area contributed by atoms with Crippen molar-refractivity contribution < 1.29 is 26.4 Å². The molecule has 1 aliphatic heterocycles. The highest BCUT2D eigenvalue weighted by atomic mass is 32.2. The van der Waals surface area contributed by atoms with E-state index in [0.717, 1.165) is 6.26 Å². The van der Waals surface area contributed by atoms with E-state index in [9.17, 15) is 21.6 Å². The van der Waals surface area contributed by atoms with Gasteiger partial charge in [-0.2, -0.15) is 0 Å². The minimum absolute atomic E-state index is 0.0105. The Balaban J connectivity index is 2.42. The number of carbonyl (C=O) groups is 1. The fourth-order valence-electron chi connectivity index (χ4n) is 2.26. The first-order chi connectivity index (χ1) is 10.1. The molecule has 10 heteroatoms. The van der Waals surface area contributed by atoms with Gasteiger partial charge in [-0.1, -0.05) is 0 Å². The van der Waals surface area contributed by atoms with Crippen LogP contribution < -0.4 is 5.32 Å². The van der Waals surface area contributed by atoms with Crippen molar-refractivity contribution in [3.8, 4) is 0 Å². The van der Waals surface area contributed by atoms with Crippen molar-refractivity contribution in [1.29, 1.82) is 0 Å². The average molecular weight is 356 g/mol. The highest BCUT2D eigenvalue weighted by Gasteiger charge is 2.29. The van der Waals surface area contributed by atoms with Crippen LogP contribution in [0.5, 0.6) is 0 Å². The van der Waals surface area contributed by atoms with Crippen LogP contribution in [0.25, 0.3) is 0 Å². The molecule has 8 nitrogen and oxygen atoms in total. The molecule has 1 fully saturated rings. The molecule has 0 aromatic heterocycles. The highest BCUT2D eigenvalue weighted by Crippen LogP contribution is 2.11. The zero-order valence-corrected chi connectivity index (χ0v) is 14.6. The van der Waals surface area contributed by atoms with Crippen LogP contribution in [0.4, 0.5) is 0 Å². The first kappa shape index (κ1) is 19.3. The van der Waals surface area contributed by atoms with Gasteiger partial charge in [-0.25, -0.2) is 21.1 Å². The van der Waals surface area contributed by atoms with Crippen molar-refractivity contribution >= 4 is 25.8 Å². The molecule has 1 atom stereocenters. The van der Waals surface area contributed by atoms with Crippen molar-refractivity contribution in [3.05, 3.63) is 0 Å². The fourth-order valence-corrected chi connectivity index (χ4v) is 4.82. The number of nitrogens with zero attached hydrogens (tertiary/aromatic N) is 1. The van der Waals surface area contributed by atoms with E-state index in [4.69, 9.17) is 4.74 Å². The van der Waals surface area contributed by atoms with E-state index in [1.54, 1.807) is 0 Å². The van der Waals surface area contributed by atoms with E-state index >= 15 is 0 Å². The van der Waals surface area contributed by atoms with E-state index in [1.807, 2.05) is 0 Å². The summed E-state index contributed by atoms with van der Waals surface area (Å²) >= 11 is 0. The van der Waals surface area contributed by atoms with E-state index < -0.39 is 19.9 Å². The van der Waals surface area contributed by atoms with Gasteiger partial charge in [0.15, 0.2) is 9.84 Å². The first-order valence-corrected chi connectivity index (χ1v) is 10.7. The summed E-state index contributed by atoms with van der Waals surface area (Å²) in [4.78, 5) is 11.8. The van der Waals surface area contributed by atoms with Gasteiger partial charge in [0.1, 0.15) is 0 Å². The lowest BCUT2D eigenvalue weighted by molar-refractivity contribution is -0.121. The summed E-state index contributed by atoms with van der Waals surface area (Å²) in [5, 5.41) is 2.64. The largest absolute Gasteiger partial charge is 0.385 e. The van der Waals surface area contributed by atoms with Gasteiger partial charge in [-0.05, 0) is 12.8 Å². The number of methoxy groups -OCH3 is 1. The highest BCUT2D eigenvalue weighted by molar-refractivity contribution is 7.91. The number of ether oxygens (including phenoxy) is 1. The monoisotopic (exact) mass is 356 g/mol. The number of sulfone groups is 1. The van der Waals surface area contributed by atoms with Crippen LogP contribution in [0, 0.1) is 0 Å². The summed E-state index contributed by atoms with van der Waals surface area (Å²) in [6.45, 7) is 0.809. The van der Waals surface area contributed by atoms with Gasteiger partial charge in [0.05, 0.1) is 17.8 Å². The van der Waals surface area contributed by atoms with Gasteiger partial charge in [0.2, 0.25) is 15.9 Å². The van der Waals surface area contributed by atoms with E-state index in [0.29, 0.717) is 19.4 Å². The van der Waals surface area contributed by atoms with Crippen LogP contribution in [-0.2, 0) is 29.4 Å². The smallest absolute Gasteiger partial charge is 0.221 e. The molecule has 0 radical (unpaired) electrons. The molecular weight excluding hydrogens is 332 g/mol. The molecule has 1 heterocycles. The number of carbonyl (C=O) groups excluding carboxylic acids is 1. The third kappa shape index (κ3) is 7.03. The number of hydrogen-bond donors (Lipinski definition) is 1. The minimum atomic E-state index is -3.38. The Labute approximate surface area is 132 Å². The summed E-state index contributed by atoms with van der Waals surface area (Å²) in [6.07, 6.45) is 2.07. The maximum absolute atomic E-state index is 11.8. The van der Waals surface area contributed by atoms with Gasteiger partial charge in [0.25, 0.3) is 0 Å². The number of sulfonamides is 1. The number of nitrogens with one attached hydrogen (secondary N) is 1. The second-order valence-electron chi connectivity index (χ2n) is 5.43. The zero-order valence-electron chi connectivity index (χ0n) is 12.9. The third-order valence-corrected chi connectivity index (χ3v) is 6.48. The molecule has 1 N–H and O–H groups in total. The Morgan fingerprint density at radius 1 is 1.36 bits per heavy atom. The SMILES string of the molecule is COCCCN(CCC(=O)NC1CCS(=O)(=O)C1)S(C)(=O)=O. The van der Waals surface area contributed by atoms with Gasteiger partial charge in [0, 0.05) is 39.3 Å². The second-order valence-corrected chi connectivity index (χ2v) is 9.64. The summed E-state index contributed by atoms with van der Waals surface area (Å²) in [7, 11) is -4.89. The van der Waals surface area contributed by atoms with Crippen molar-refractivity contribution in [2.75, 3.05) is 44.6 Å². The number of hydrogen-bond acceptors (Lipinski definition) is 6. The summed E-state index contributed by atoms with van der Waals surface area (Å²) < 4.78 is 52.0. The molecule has 0 aliphatic carbocycles. The Bertz CT molecular complexity index is 572. The van der Waals surface area contributed by atoms with Crippen LogP contribution in [0.1, 0.15) is 19.3 Å². The first-order valence-electron chi connectivity index (χ1n) is 7.08. The molecule has 1 amide bonds. The number of rotatable bonds is 9. The molecule has 1 unspecified atom stereocenters. The van der Waals surface area contributed by atoms with Crippen molar-refractivity contribution in [2.45, 2.75) is 25.3 Å².